The molecule has 0 aliphatic heterocycles. The van der Waals surface area contributed by atoms with Crippen LogP contribution in [0.5, 0.6) is 0 Å². The Hall–Kier alpha value is -1.54. The first-order valence-electron chi connectivity index (χ1n) is 7.49. The number of aryl methyl sites for hydroxylation is 1. The summed E-state index contributed by atoms with van der Waals surface area (Å²) in [6.07, 6.45) is 3.22. The summed E-state index contributed by atoms with van der Waals surface area (Å²) >= 11 is 0. The Morgan fingerprint density at radius 3 is 2.80 bits per heavy atom. The first-order valence-corrected chi connectivity index (χ1v) is 7.49. The van der Waals surface area contributed by atoms with Gasteiger partial charge in [0.1, 0.15) is 0 Å². The summed E-state index contributed by atoms with van der Waals surface area (Å²) in [5.74, 6) is 0.693. The maximum absolute atomic E-state index is 3.99. The summed E-state index contributed by atoms with van der Waals surface area (Å²) in [6.45, 7) is 13.6. The lowest BCUT2D eigenvalue weighted by Crippen LogP contribution is -2.18. The Bertz CT molecular complexity index is 578. The van der Waals surface area contributed by atoms with Crippen molar-refractivity contribution in [3.05, 3.63) is 48.2 Å². The summed E-state index contributed by atoms with van der Waals surface area (Å²) in [4.78, 5) is 0. The lowest BCUT2D eigenvalue weighted by atomic mass is 10.1. The minimum atomic E-state index is 0.693. The average molecular weight is 270 g/mol. The largest absolute Gasteiger partial charge is 0.347 e. The molecule has 0 spiro atoms. The van der Waals surface area contributed by atoms with E-state index < -0.39 is 0 Å². The van der Waals surface area contributed by atoms with E-state index in [0.717, 1.165) is 26.1 Å². The Kier molecular flexibility index (Phi) is 5.02. The summed E-state index contributed by atoms with van der Waals surface area (Å²) in [5.41, 5.74) is 3.92. The molecule has 0 atom stereocenters. The highest BCUT2D eigenvalue weighted by Crippen LogP contribution is 2.19. The van der Waals surface area contributed by atoms with E-state index >= 15 is 0 Å². The van der Waals surface area contributed by atoms with Crippen molar-refractivity contribution in [3.63, 3.8) is 0 Å². The Balaban J connectivity index is 2.10. The normalized spacial score (nSPS) is 11.4. The van der Waals surface area contributed by atoms with E-state index in [4.69, 9.17) is 0 Å². The van der Waals surface area contributed by atoms with Crippen LogP contribution in [0, 0.1) is 5.92 Å². The molecule has 0 unspecified atom stereocenters. The van der Waals surface area contributed by atoms with Crippen LogP contribution >= 0.6 is 0 Å². The average Bonchev–Trinajstić information content (AvgIpc) is 2.78. The SMILES string of the molecule is C=C(C)CCn1ccc2ccc(CNCC(C)C)cc21. The predicted molar refractivity (Wildman–Crippen MR) is 87.9 cm³/mol. The monoisotopic (exact) mass is 270 g/mol. The number of benzene rings is 1. The zero-order valence-electron chi connectivity index (χ0n) is 12.9. The third kappa shape index (κ3) is 3.97. The molecule has 20 heavy (non-hydrogen) atoms. The summed E-state index contributed by atoms with van der Waals surface area (Å²) in [6, 6.07) is 8.94. The lowest BCUT2D eigenvalue weighted by Gasteiger charge is -2.09. The fourth-order valence-electron chi connectivity index (χ4n) is 2.35. The molecular weight excluding hydrogens is 244 g/mol. The minimum Gasteiger partial charge on any atom is -0.347 e. The quantitative estimate of drug-likeness (QED) is 0.740. The molecule has 108 valence electrons. The van der Waals surface area contributed by atoms with Crippen LogP contribution in [0.25, 0.3) is 10.9 Å². The van der Waals surface area contributed by atoms with E-state index in [-0.39, 0.29) is 0 Å². The number of hydrogen-bond donors (Lipinski definition) is 1. The van der Waals surface area contributed by atoms with Gasteiger partial charge in [-0.05, 0) is 48.9 Å². The van der Waals surface area contributed by atoms with Crippen LogP contribution in [0.4, 0.5) is 0 Å². The van der Waals surface area contributed by atoms with Gasteiger partial charge in [0.2, 0.25) is 0 Å². The number of nitrogens with zero attached hydrogens (tertiary/aromatic N) is 1. The van der Waals surface area contributed by atoms with Crippen molar-refractivity contribution in [3.8, 4) is 0 Å². The molecule has 2 heteroatoms. The van der Waals surface area contributed by atoms with Crippen molar-refractivity contribution < 1.29 is 0 Å². The van der Waals surface area contributed by atoms with Crippen LogP contribution in [-0.4, -0.2) is 11.1 Å². The highest BCUT2D eigenvalue weighted by molar-refractivity contribution is 5.80. The first-order chi connectivity index (χ1) is 9.56. The van der Waals surface area contributed by atoms with Gasteiger partial charge < -0.3 is 9.88 Å². The molecule has 0 radical (unpaired) electrons. The molecule has 2 rings (SSSR count). The summed E-state index contributed by atoms with van der Waals surface area (Å²) in [5, 5.41) is 4.82. The zero-order valence-corrected chi connectivity index (χ0v) is 12.9. The summed E-state index contributed by atoms with van der Waals surface area (Å²) in [7, 11) is 0. The molecule has 1 aromatic heterocycles. The van der Waals surface area contributed by atoms with Crippen molar-refractivity contribution in [2.24, 2.45) is 5.92 Å². The number of fused-ring (bicyclic) bond motifs is 1. The van der Waals surface area contributed by atoms with Gasteiger partial charge >= 0.3 is 0 Å². The molecule has 1 N–H and O–H groups in total. The molecular formula is C18H26N2. The van der Waals surface area contributed by atoms with Gasteiger partial charge in [0, 0.05) is 24.8 Å². The Morgan fingerprint density at radius 1 is 1.30 bits per heavy atom. The number of rotatable bonds is 7. The van der Waals surface area contributed by atoms with Crippen LogP contribution in [0.1, 0.15) is 32.8 Å². The predicted octanol–water partition coefficient (Wildman–Crippen LogP) is 4.35. The van der Waals surface area contributed by atoms with Gasteiger partial charge in [-0.25, -0.2) is 0 Å². The highest BCUT2D eigenvalue weighted by Gasteiger charge is 2.03. The molecule has 0 saturated carbocycles. The molecule has 1 heterocycles. The third-order valence-corrected chi connectivity index (χ3v) is 3.50. The van der Waals surface area contributed by atoms with Gasteiger partial charge in [-0.15, -0.1) is 6.58 Å². The van der Waals surface area contributed by atoms with Gasteiger partial charge in [0.25, 0.3) is 0 Å². The molecule has 0 bridgehead atoms. The molecule has 1 aromatic carbocycles. The molecule has 0 saturated heterocycles. The second kappa shape index (κ2) is 6.76. The van der Waals surface area contributed by atoms with E-state index in [2.05, 4.69) is 67.7 Å². The van der Waals surface area contributed by atoms with E-state index in [1.165, 1.54) is 22.0 Å². The second-order valence-corrected chi connectivity index (χ2v) is 6.13. The fourth-order valence-corrected chi connectivity index (χ4v) is 2.35. The zero-order chi connectivity index (χ0) is 14.5. The van der Waals surface area contributed by atoms with Gasteiger partial charge in [0.15, 0.2) is 0 Å². The van der Waals surface area contributed by atoms with E-state index in [0.29, 0.717) is 5.92 Å². The second-order valence-electron chi connectivity index (χ2n) is 6.13. The van der Waals surface area contributed by atoms with Crippen molar-refractivity contribution in [2.45, 2.75) is 40.3 Å². The first kappa shape index (κ1) is 14.9. The Labute approximate surface area is 122 Å². The van der Waals surface area contributed by atoms with Crippen molar-refractivity contribution in [2.75, 3.05) is 6.54 Å². The maximum atomic E-state index is 3.99. The Morgan fingerprint density at radius 2 is 2.10 bits per heavy atom. The van der Waals surface area contributed by atoms with Crippen LogP contribution < -0.4 is 5.32 Å². The van der Waals surface area contributed by atoms with E-state index in [9.17, 15) is 0 Å². The van der Waals surface area contributed by atoms with E-state index in [1.807, 2.05) is 0 Å². The minimum absolute atomic E-state index is 0.693. The molecule has 2 aromatic rings. The van der Waals surface area contributed by atoms with Gasteiger partial charge in [0.05, 0.1) is 0 Å². The number of hydrogen-bond acceptors (Lipinski definition) is 1. The smallest absolute Gasteiger partial charge is 0.0483 e. The van der Waals surface area contributed by atoms with Crippen LogP contribution in [0.2, 0.25) is 0 Å². The topological polar surface area (TPSA) is 17.0 Å². The standard InChI is InChI=1S/C18H26N2/c1-14(2)7-9-20-10-8-17-6-5-16(11-18(17)20)13-19-12-15(3)4/h5-6,8,10-11,15,19H,1,7,9,12-13H2,2-4H3. The van der Waals surface area contributed by atoms with Crippen molar-refractivity contribution in [1.82, 2.24) is 9.88 Å². The molecule has 2 nitrogen and oxygen atoms in total. The molecule has 0 fully saturated rings. The van der Waals surface area contributed by atoms with Gasteiger partial charge in [-0.1, -0.05) is 31.6 Å². The lowest BCUT2D eigenvalue weighted by molar-refractivity contribution is 0.552. The number of aromatic nitrogens is 1. The fraction of sp³-hybridized carbons (Fsp3) is 0.444. The molecule has 0 amide bonds. The van der Waals surface area contributed by atoms with Crippen LogP contribution in [0.15, 0.2) is 42.6 Å². The molecule has 0 aliphatic rings. The van der Waals surface area contributed by atoms with Crippen molar-refractivity contribution >= 4 is 10.9 Å². The van der Waals surface area contributed by atoms with Crippen LogP contribution in [0.3, 0.4) is 0 Å². The van der Waals surface area contributed by atoms with E-state index in [1.54, 1.807) is 0 Å². The number of allylic oxidation sites excluding steroid dienone is 1. The van der Waals surface area contributed by atoms with Gasteiger partial charge in [-0.2, -0.15) is 0 Å². The van der Waals surface area contributed by atoms with Crippen LogP contribution in [-0.2, 0) is 13.1 Å². The third-order valence-electron chi connectivity index (χ3n) is 3.50. The summed E-state index contributed by atoms with van der Waals surface area (Å²) < 4.78 is 2.33. The molecule has 0 aliphatic carbocycles. The number of nitrogens with one attached hydrogen (secondary N) is 1. The highest BCUT2D eigenvalue weighted by atomic mass is 14.9. The van der Waals surface area contributed by atoms with Crippen molar-refractivity contribution in [1.29, 1.82) is 0 Å². The maximum Gasteiger partial charge on any atom is 0.0483 e. The van der Waals surface area contributed by atoms with Gasteiger partial charge in [-0.3, -0.25) is 0 Å².